The van der Waals surface area contributed by atoms with Crippen molar-refractivity contribution in [2.75, 3.05) is 13.2 Å². The van der Waals surface area contributed by atoms with Crippen LogP contribution in [0.5, 0.6) is 0 Å². The van der Waals surface area contributed by atoms with Crippen molar-refractivity contribution < 1.29 is 14.0 Å². The zero-order chi connectivity index (χ0) is 10.7. The summed E-state index contributed by atoms with van der Waals surface area (Å²) < 4.78 is 9.39. The zero-order valence-corrected chi connectivity index (χ0v) is 11.1. The molecule has 78 valence electrons. The first-order chi connectivity index (χ1) is 6.09. The number of carbonyl (C=O) groups is 1. The van der Waals surface area contributed by atoms with Gasteiger partial charge in [-0.05, 0) is 20.3 Å². The van der Waals surface area contributed by atoms with Crippen LogP contribution in [0.15, 0.2) is 12.2 Å². The van der Waals surface area contributed by atoms with Crippen molar-refractivity contribution in [1.29, 1.82) is 0 Å². The summed E-state index contributed by atoms with van der Waals surface area (Å²) in [5.41, 5.74) is 0.462. The smallest absolute Gasteiger partial charge is 0.333 e. The maximum absolute atomic E-state index is 10.6. The van der Waals surface area contributed by atoms with E-state index in [1.165, 1.54) is 0 Å². The molecule has 3 nitrogen and oxygen atoms in total. The molecule has 0 saturated carbocycles. The van der Waals surface area contributed by atoms with E-state index >= 15 is 0 Å². The molecule has 0 N–H and O–H groups in total. The number of rotatable bonds is 4. The van der Waals surface area contributed by atoms with Crippen molar-refractivity contribution in [3.05, 3.63) is 12.2 Å². The molecule has 0 aromatic carbocycles. The van der Waals surface area contributed by atoms with E-state index in [-0.39, 0.29) is 5.97 Å². The van der Waals surface area contributed by atoms with E-state index < -0.39 is 0 Å². The minimum Gasteiger partial charge on any atom is -0.462 e. The summed E-state index contributed by atoms with van der Waals surface area (Å²) in [7, 11) is 0.890. The van der Waals surface area contributed by atoms with E-state index in [1.54, 1.807) is 6.92 Å². The molecule has 0 spiro atoms. The number of esters is 1. The molecule has 0 amide bonds. The summed E-state index contributed by atoms with van der Waals surface area (Å²) in [6.07, 6.45) is 0.860. The van der Waals surface area contributed by atoms with Gasteiger partial charge in [-0.3, -0.25) is 0 Å². The predicted molar refractivity (Wildman–Crippen MR) is 57.6 cm³/mol. The van der Waals surface area contributed by atoms with Crippen molar-refractivity contribution in [2.45, 2.75) is 27.2 Å². The van der Waals surface area contributed by atoms with Gasteiger partial charge in [0.15, 0.2) is 0 Å². The van der Waals surface area contributed by atoms with Gasteiger partial charge in [0.2, 0.25) is 0 Å². The fourth-order valence-electron chi connectivity index (χ4n) is 0.318. The van der Waals surface area contributed by atoms with Gasteiger partial charge in [-0.25, -0.2) is 4.79 Å². The van der Waals surface area contributed by atoms with Crippen molar-refractivity contribution in [1.82, 2.24) is 0 Å². The molecule has 0 bridgehead atoms. The lowest BCUT2D eigenvalue weighted by Crippen LogP contribution is -2.04. The van der Waals surface area contributed by atoms with Crippen LogP contribution in [-0.4, -0.2) is 29.7 Å². The van der Waals surface area contributed by atoms with Crippen molar-refractivity contribution in [3.8, 4) is 0 Å². The first kappa shape index (κ1) is 14.9. The highest BCUT2D eigenvalue weighted by atomic mass is 28.2. The summed E-state index contributed by atoms with van der Waals surface area (Å²) in [5.74, 6) is -0.295. The van der Waals surface area contributed by atoms with Gasteiger partial charge in [-0.1, -0.05) is 13.5 Å². The van der Waals surface area contributed by atoms with E-state index in [9.17, 15) is 4.79 Å². The second kappa shape index (κ2) is 11.4. The highest BCUT2D eigenvalue weighted by Gasteiger charge is 1.99. The van der Waals surface area contributed by atoms with Gasteiger partial charge < -0.3 is 9.16 Å². The summed E-state index contributed by atoms with van der Waals surface area (Å²) in [6, 6.07) is 0. The molecule has 0 unspecified atom stereocenters. The molecule has 0 aromatic rings. The molecule has 0 radical (unpaired) electrons. The first-order valence-corrected chi connectivity index (χ1v) is 5.23. The molecule has 0 rings (SSSR count). The van der Waals surface area contributed by atoms with Gasteiger partial charge in [0.1, 0.15) is 10.5 Å². The Morgan fingerprint density at radius 1 is 1.46 bits per heavy atom. The molecule has 0 aromatic heterocycles. The van der Waals surface area contributed by atoms with Gasteiger partial charge in [0.05, 0.1) is 6.61 Å². The summed E-state index contributed by atoms with van der Waals surface area (Å²) in [6.45, 7) is 10.4. The van der Waals surface area contributed by atoms with Gasteiger partial charge >= 0.3 is 5.97 Å². The molecule has 0 saturated heterocycles. The SMILES string of the molecule is C=C(C)C(=O)OCCC.CCO[SiH3]. The van der Waals surface area contributed by atoms with Gasteiger partial charge in [-0.2, -0.15) is 0 Å². The summed E-state index contributed by atoms with van der Waals surface area (Å²) in [5, 5.41) is 0. The lowest BCUT2D eigenvalue weighted by molar-refractivity contribution is -0.138. The quantitative estimate of drug-likeness (QED) is 0.386. The van der Waals surface area contributed by atoms with Crippen LogP contribution < -0.4 is 0 Å². The molecule has 0 aliphatic heterocycles. The van der Waals surface area contributed by atoms with E-state index in [4.69, 9.17) is 4.74 Å². The van der Waals surface area contributed by atoms with Gasteiger partial charge in [0, 0.05) is 12.2 Å². The van der Waals surface area contributed by atoms with Crippen LogP contribution in [0, 0.1) is 0 Å². The van der Waals surface area contributed by atoms with Crippen LogP contribution in [0.4, 0.5) is 0 Å². The van der Waals surface area contributed by atoms with Crippen molar-refractivity contribution in [2.24, 2.45) is 0 Å². The van der Waals surface area contributed by atoms with E-state index in [0.717, 1.165) is 23.5 Å². The second-order valence-corrected chi connectivity index (χ2v) is 3.07. The Balaban J connectivity index is 0. The molecule has 0 aliphatic carbocycles. The molecular weight excluding hydrogens is 184 g/mol. The predicted octanol–water partition coefficient (Wildman–Crippen LogP) is 0.819. The molecule has 0 fully saturated rings. The van der Waals surface area contributed by atoms with E-state index in [1.807, 2.05) is 13.8 Å². The first-order valence-electron chi connectivity index (χ1n) is 4.41. The lowest BCUT2D eigenvalue weighted by Gasteiger charge is -1.99. The standard InChI is InChI=1S/C7H12O2.C2H8OSi/c1-4-5-9-7(8)6(2)3;1-2-3-4/h2,4-5H2,1,3H3;2H2,1,4H3. The zero-order valence-electron chi connectivity index (χ0n) is 9.05. The molecule has 0 atom stereocenters. The van der Waals surface area contributed by atoms with Crippen molar-refractivity contribution >= 4 is 16.5 Å². The largest absolute Gasteiger partial charge is 0.462 e. The summed E-state index contributed by atoms with van der Waals surface area (Å²) in [4.78, 5) is 10.6. The average molecular weight is 204 g/mol. The Bertz CT molecular complexity index is 144. The Kier molecular flexibility index (Phi) is 13.0. The Labute approximate surface area is 83.7 Å². The van der Waals surface area contributed by atoms with E-state index in [0.29, 0.717) is 12.2 Å². The normalized spacial score (nSPS) is 8.54. The number of ether oxygens (including phenoxy) is 1. The Morgan fingerprint density at radius 2 is 1.92 bits per heavy atom. The number of carbonyl (C=O) groups excluding carboxylic acids is 1. The third-order valence-electron chi connectivity index (χ3n) is 1.07. The number of hydrogen-bond donors (Lipinski definition) is 0. The third-order valence-corrected chi connectivity index (χ3v) is 1.65. The van der Waals surface area contributed by atoms with Crippen LogP contribution >= 0.6 is 0 Å². The fraction of sp³-hybridized carbons (Fsp3) is 0.667. The highest BCUT2D eigenvalue weighted by Crippen LogP contribution is 1.91. The lowest BCUT2D eigenvalue weighted by atomic mass is 10.4. The minimum atomic E-state index is -0.295. The van der Waals surface area contributed by atoms with Crippen LogP contribution in [0.3, 0.4) is 0 Å². The minimum absolute atomic E-state index is 0.295. The average Bonchev–Trinajstić information content (AvgIpc) is 2.14. The molecular formula is C9H20O3Si. The van der Waals surface area contributed by atoms with Gasteiger partial charge in [-0.15, -0.1) is 0 Å². The van der Waals surface area contributed by atoms with Crippen LogP contribution in [-0.2, 0) is 14.0 Å². The van der Waals surface area contributed by atoms with Crippen LogP contribution in [0.1, 0.15) is 27.2 Å². The van der Waals surface area contributed by atoms with Crippen LogP contribution in [0.25, 0.3) is 0 Å². The fourth-order valence-corrected chi connectivity index (χ4v) is 0.318. The highest BCUT2D eigenvalue weighted by molar-refractivity contribution is 5.97. The topological polar surface area (TPSA) is 35.5 Å². The van der Waals surface area contributed by atoms with Gasteiger partial charge in [0.25, 0.3) is 0 Å². The van der Waals surface area contributed by atoms with Crippen LogP contribution in [0.2, 0.25) is 0 Å². The number of hydrogen-bond acceptors (Lipinski definition) is 3. The van der Waals surface area contributed by atoms with Crippen molar-refractivity contribution in [3.63, 3.8) is 0 Å². The monoisotopic (exact) mass is 204 g/mol. The Morgan fingerprint density at radius 3 is 2.15 bits per heavy atom. The maximum Gasteiger partial charge on any atom is 0.333 e. The molecule has 13 heavy (non-hydrogen) atoms. The maximum atomic E-state index is 10.6. The second-order valence-electron chi connectivity index (χ2n) is 2.49. The molecule has 0 aliphatic rings. The van der Waals surface area contributed by atoms with E-state index in [2.05, 4.69) is 11.0 Å². The molecule has 0 heterocycles. The summed E-state index contributed by atoms with van der Waals surface area (Å²) >= 11 is 0. The molecule has 4 heteroatoms. The third kappa shape index (κ3) is 14.3. The Hall–Kier alpha value is -0.613.